The third-order valence-electron chi connectivity index (χ3n) is 6.19. The first-order valence-corrected chi connectivity index (χ1v) is 15.8. The van der Waals surface area contributed by atoms with Gasteiger partial charge in [-0.1, -0.05) is 37.8 Å². The van der Waals surface area contributed by atoms with Crippen molar-refractivity contribution in [1.82, 2.24) is 9.55 Å². The molecule has 0 atom stereocenters. The van der Waals surface area contributed by atoms with Crippen molar-refractivity contribution in [2.24, 2.45) is 0 Å². The van der Waals surface area contributed by atoms with E-state index in [0.29, 0.717) is 52.4 Å². The van der Waals surface area contributed by atoms with E-state index >= 15 is 0 Å². The maximum absolute atomic E-state index is 13.2. The molecule has 0 amide bonds. The number of nitrogens with zero attached hydrogens (tertiary/aromatic N) is 1. The lowest BCUT2D eigenvalue weighted by Gasteiger charge is -2.16. The number of anilines is 1. The molecule has 0 aliphatic carbocycles. The summed E-state index contributed by atoms with van der Waals surface area (Å²) in [5.41, 5.74) is 8.07. The summed E-state index contributed by atoms with van der Waals surface area (Å²) in [7, 11) is 0.0385. The lowest BCUT2D eigenvalue weighted by molar-refractivity contribution is 0.0595. The standard InChI is InChI=1S/C28H33N3O5Si/c1-18-24-22(16-31(18)17-35-13-14-37(3,4)5)25(26(28(33)34-2)30-27(24)32)21-15-19(29)11-12-23(21)36-20-9-7-6-8-10-20/h6-12,15-16H,13-14,17,29H2,1-5H3,(H,30,32). The normalized spacial score (nSPS) is 11.6. The minimum Gasteiger partial charge on any atom is -0.464 e. The zero-order chi connectivity index (χ0) is 26.7. The number of nitrogens with one attached hydrogen (secondary N) is 1. The molecule has 2 aromatic heterocycles. The van der Waals surface area contributed by atoms with Crippen LogP contribution in [0.4, 0.5) is 5.69 Å². The minimum absolute atomic E-state index is 0.0281. The summed E-state index contributed by atoms with van der Waals surface area (Å²) in [4.78, 5) is 28.8. The average molecular weight is 520 g/mol. The van der Waals surface area contributed by atoms with Gasteiger partial charge in [0.25, 0.3) is 5.56 Å². The lowest BCUT2D eigenvalue weighted by atomic mass is 9.97. The summed E-state index contributed by atoms with van der Waals surface area (Å²) in [5.74, 6) is 0.438. The molecule has 194 valence electrons. The topological polar surface area (TPSA) is 109 Å². The van der Waals surface area contributed by atoms with Crippen LogP contribution in [0.3, 0.4) is 0 Å². The molecule has 0 saturated heterocycles. The highest BCUT2D eigenvalue weighted by molar-refractivity contribution is 6.76. The zero-order valence-corrected chi connectivity index (χ0v) is 22.9. The summed E-state index contributed by atoms with van der Waals surface area (Å²) >= 11 is 0. The number of H-pyrrole nitrogens is 1. The van der Waals surface area contributed by atoms with E-state index in [1.165, 1.54) is 7.11 Å². The number of methoxy groups -OCH3 is 1. The molecular formula is C28H33N3O5Si. The Kier molecular flexibility index (Phi) is 7.56. The molecule has 2 heterocycles. The number of ether oxygens (including phenoxy) is 3. The Labute approximate surface area is 217 Å². The fourth-order valence-corrected chi connectivity index (χ4v) is 4.92. The number of fused-ring (bicyclic) bond motifs is 1. The van der Waals surface area contributed by atoms with Crippen LogP contribution in [0.25, 0.3) is 21.9 Å². The number of hydrogen-bond donors (Lipinski definition) is 2. The van der Waals surface area contributed by atoms with E-state index in [-0.39, 0.29) is 11.3 Å². The zero-order valence-electron chi connectivity index (χ0n) is 21.9. The number of para-hydroxylation sites is 1. The third kappa shape index (κ3) is 5.78. The number of hydrogen-bond acceptors (Lipinski definition) is 6. The van der Waals surface area contributed by atoms with E-state index < -0.39 is 14.0 Å². The van der Waals surface area contributed by atoms with Gasteiger partial charge in [0.15, 0.2) is 0 Å². The highest BCUT2D eigenvalue weighted by Gasteiger charge is 2.25. The van der Waals surface area contributed by atoms with Gasteiger partial charge in [-0.2, -0.15) is 0 Å². The quantitative estimate of drug-likeness (QED) is 0.126. The molecule has 0 saturated carbocycles. The van der Waals surface area contributed by atoms with Crippen molar-refractivity contribution in [3.8, 4) is 22.6 Å². The van der Waals surface area contributed by atoms with E-state index in [1.54, 1.807) is 18.2 Å². The molecule has 0 unspecified atom stereocenters. The van der Waals surface area contributed by atoms with E-state index in [4.69, 9.17) is 19.9 Å². The van der Waals surface area contributed by atoms with Crippen molar-refractivity contribution in [2.45, 2.75) is 39.3 Å². The number of aromatic amines is 1. The SMILES string of the molecule is COC(=O)c1[nH]c(=O)c2c(C)n(COCC[Si](C)(C)C)cc2c1-c1cc(N)ccc1Oc1ccccc1. The number of esters is 1. The van der Waals surface area contributed by atoms with Crippen LogP contribution in [0.2, 0.25) is 25.7 Å². The number of carbonyl (C=O) groups is 1. The third-order valence-corrected chi connectivity index (χ3v) is 7.90. The number of carbonyl (C=O) groups excluding carboxylic acids is 1. The Hall–Kier alpha value is -3.82. The first-order chi connectivity index (χ1) is 17.6. The van der Waals surface area contributed by atoms with Crippen LogP contribution in [0.15, 0.2) is 59.5 Å². The Morgan fingerprint density at radius 3 is 2.51 bits per heavy atom. The van der Waals surface area contributed by atoms with Crippen molar-refractivity contribution in [3.63, 3.8) is 0 Å². The van der Waals surface area contributed by atoms with Gasteiger partial charge >= 0.3 is 5.97 Å². The second kappa shape index (κ2) is 10.7. The summed E-state index contributed by atoms with van der Waals surface area (Å²) in [6, 6.07) is 15.6. The number of nitrogens with two attached hydrogens (primary N) is 1. The van der Waals surface area contributed by atoms with Gasteiger partial charge in [-0.25, -0.2) is 4.79 Å². The van der Waals surface area contributed by atoms with E-state index in [1.807, 2.05) is 48.0 Å². The smallest absolute Gasteiger partial charge is 0.355 e. The molecular weight excluding hydrogens is 486 g/mol. The highest BCUT2D eigenvalue weighted by atomic mass is 28.3. The molecule has 0 aliphatic rings. The minimum atomic E-state index is -1.24. The van der Waals surface area contributed by atoms with Crippen molar-refractivity contribution in [3.05, 3.63) is 76.5 Å². The van der Waals surface area contributed by atoms with Gasteiger partial charge in [-0.3, -0.25) is 4.79 Å². The molecule has 0 fully saturated rings. The van der Waals surface area contributed by atoms with E-state index in [2.05, 4.69) is 24.6 Å². The Morgan fingerprint density at radius 2 is 1.84 bits per heavy atom. The predicted molar refractivity (Wildman–Crippen MR) is 149 cm³/mol. The molecule has 0 aliphatic heterocycles. The Balaban J connectivity index is 1.89. The number of benzene rings is 2. The van der Waals surface area contributed by atoms with Gasteiger partial charge in [-0.05, 0) is 43.3 Å². The van der Waals surface area contributed by atoms with Crippen molar-refractivity contribution < 1.29 is 19.0 Å². The molecule has 9 heteroatoms. The molecule has 8 nitrogen and oxygen atoms in total. The number of rotatable bonds is 9. The fraction of sp³-hybridized carbons (Fsp3) is 0.286. The van der Waals surface area contributed by atoms with Crippen molar-refractivity contribution in [2.75, 3.05) is 19.5 Å². The first kappa shape index (κ1) is 26.2. The number of pyridine rings is 1. The monoisotopic (exact) mass is 519 g/mol. The van der Waals surface area contributed by atoms with Crippen molar-refractivity contribution in [1.29, 1.82) is 0 Å². The molecule has 4 rings (SSSR count). The van der Waals surface area contributed by atoms with Gasteiger partial charge < -0.3 is 29.5 Å². The van der Waals surface area contributed by atoms with Crippen molar-refractivity contribution >= 4 is 30.5 Å². The number of aromatic nitrogens is 2. The Bertz CT molecular complexity index is 1490. The summed E-state index contributed by atoms with van der Waals surface area (Å²) in [6.07, 6.45) is 1.84. The molecule has 37 heavy (non-hydrogen) atoms. The first-order valence-electron chi connectivity index (χ1n) is 12.1. The summed E-state index contributed by atoms with van der Waals surface area (Å²) in [5, 5.41) is 1.04. The second-order valence-corrected chi connectivity index (χ2v) is 15.8. The molecule has 4 aromatic rings. The highest BCUT2D eigenvalue weighted by Crippen LogP contribution is 2.40. The lowest BCUT2D eigenvalue weighted by Crippen LogP contribution is -2.22. The van der Waals surface area contributed by atoms with Gasteiger partial charge in [0.1, 0.15) is 23.9 Å². The molecule has 0 radical (unpaired) electrons. The maximum atomic E-state index is 13.2. The summed E-state index contributed by atoms with van der Waals surface area (Å²) < 4.78 is 19.1. The molecule has 0 bridgehead atoms. The van der Waals surface area contributed by atoms with E-state index in [0.717, 1.165) is 11.7 Å². The van der Waals surface area contributed by atoms with Crippen LogP contribution < -0.4 is 16.0 Å². The van der Waals surface area contributed by atoms with Crippen LogP contribution in [0.1, 0.15) is 16.2 Å². The van der Waals surface area contributed by atoms with Crippen LogP contribution >= 0.6 is 0 Å². The van der Waals surface area contributed by atoms with Crippen LogP contribution in [0, 0.1) is 6.92 Å². The molecule has 2 aromatic carbocycles. The maximum Gasteiger partial charge on any atom is 0.355 e. The van der Waals surface area contributed by atoms with Gasteiger partial charge in [0.2, 0.25) is 0 Å². The second-order valence-electron chi connectivity index (χ2n) is 10.2. The van der Waals surface area contributed by atoms with Gasteiger partial charge in [0, 0.05) is 48.8 Å². The van der Waals surface area contributed by atoms with Crippen LogP contribution in [0.5, 0.6) is 11.5 Å². The largest absolute Gasteiger partial charge is 0.464 e. The molecule has 0 spiro atoms. The number of nitrogen functional groups attached to an aromatic ring is 1. The predicted octanol–water partition coefficient (Wildman–Crippen LogP) is 5.78. The van der Waals surface area contributed by atoms with Gasteiger partial charge in [-0.15, -0.1) is 0 Å². The number of aryl methyl sites for hydroxylation is 1. The van der Waals surface area contributed by atoms with Crippen LogP contribution in [-0.2, 0) is 16.2 Å². The average Bonchev–Trinajstić information content (AvgIpc) is 3.19. The summed E-state index contributed by atoms with van der Waals surface area (Å²) in [6.45, 7) is 9.69. The van der Waals surface area contributed by atoms with Crippen LogP contribution in [-0.4, -0.2) is 37.3 Å². The fourth-order valence-electron chi connectivity index (χ4n) is 4.16. The van der Waals surface area contributed by atoms with E-state index in [9.17, 15) is 9.59 Å². The van der Waals surface area contributed by atoms with Gasteiger partial charge in [0.05, 0.1) is 12.5 Å². The molecule has 3 N–H and O–H groups in total. The Morgan fingerprint density at radius 1 is 1.11 bits per heavy atom.